The summed E-state index contributed by atoms with van der Waals surface area (Å²) in [4.78, 5) is 16.2. The van der Waals surface area contributed by atoms with Crippen LogP contribution in [0, 0.1) is 13.8 Å². The first-order valence-electron chi connectivity index (χ1n) is 6.88. The second-order valence-corrected chi connectivity index (χ2v) is 4.91. The third-order valence-electron chi connectivity index (χ3n) is 3.61. The van der Waals surface area contributed by atoms with E-state index in [9.17, 15) is 0 Å². The smallest absolute Gasteiger partial charge is 0.165 e. The van der Waals surface area contributed by atoms with Gasteiger partial charge in [0.1, 0.15) is 11.6 Å². The Morgan fingerprint density at radius 3 is 2.53 bits per heavy atom. The molecule has 6 nitrogen and oxygen atoms in total. The van der Waals surface area contributed by atoms with Gasteiger partial charge in [-0.25, -0.2) is 15.0 Å². The Morgan fingerprint density at radius 2 is 1.84 bits per heavy atom. The van der Waals surface area contributed by atoms with Gasteiger partial charge in [-0.2, -0.15) is 0 Å². The fourth-order valence-corrected chi connectivity index (χ4v) is 2.68. The minimum absolute atomic E-state index is 0.815. The van der Waals surface area contributed by atoms with E-state index in [-0.39, 0.29) is 0 Å². The molecule has 102 valence electrons. The molecule has 0 aliphatic carbocycles. The summed E-state index contributed by atoms with van der Waals surface area (Å²) in [6.07, 6.45) is 0. The van der Waals surface area contributed by atoms with Crippen LogP contribution in [0.3, 0.4) is 0 Å². The van der Waals surface area contributed by atoms with Crippen molar-refractivity contribution in [3.63, 3.8) is 0 Å². The Kier molecular flexibility index (Phi) is 3.10. The number of piperazine rings is 1. The predicted molar refractivity (Wildman–Crippen MR) is 75.6 cm³/mol. The Hall–Kier alpha value is -1.69. The number of nitrogens with one attached hydrogen (secondary N) is 1. The van der Waals surface area contributed by atoms with Gasteiger partial charge in [0, 0.05) is 32.7 Å². The number of fused-ring (bicyclic) bond motifs is 1. The molecule has 1 aliphatic rings. The Bertz CT molecular complexity index is 597. The first kappa shape index (κ1) is 12.3. The quantitative estimate of drug-likeness (QED) is 0.868. The molecule has 2 aromatic heterocycles. The molecule has 6 heteroatoms. The van der Waals surface area contributed by atoms with E-state index in [1.165, 1.54) is 0 Å². The highest BCUT2D eigenvalue weighted by Crippen LogP contribution is 2.24. The number of aromatic nitrogens is 4. The van der Waals surface area contributed by atoms with Gasteiger partial charge in [-0.15, -0.1) is 0 Å². The molecule has 0 aromatic carbocycles. The van der Waals surface area contributed by atoms with Crippen LogP contribution < -0.4 is 10.2 Å². The van der Waals surface area contributed by atoms with Crippen molar-refractivity contribution in [3.05, 3.63) is 11.6 Å². The molecule has 1 saturated heterocycles. The standard InChI is InChI=1S/C13H20N6/c1-4-19-10(3)17-11-12(15-9(2)16-13(11)19)18-7-5-14-6-8-18/h14H,4-8H2,1-3H3. The van der Waals surface area contributed by atoms with Crippen LogP contribution in [0.2, 0.25) is 0 Å². The molecule has 0 bridgehead atoms. The van der Waals surface area contributed by atoms with Crippen molar-refractivity contribution in [2.45, 2.75) is 27.3 Å². The zero-order valence-corrected chi connectivity index (χ0v) is 11.8. The fourth-order valence-electron chi connectivity index (χ4n) is 2.68. The Labute approximate surface area is 112 Å². The van der Waals surface area contributed by atoms with Gasteiger partial charge in [0.05, 0.1) is 0 Å². The second kappa shape index (κ2) is 4.77. The average Bonchev–Trinajstić information content (AvgIpc) is 2.74. The Morgan fingerprint density at radius 1 is 1.11 bits per heavy atom. The Balaban J connectivity index is 2.17. The van der Waals surface area contributed by atoms with Crippen LogP contribution in [0.1, 0.15) is 18.6 Å². The van der Waals surface area contributed by atoms with Gasteiger partial charge in [-0.05, 0) is 20.8 Å². The van der Waals surface area contributed by atoms with E-state index in [1.807, 2.05) is 13.8 Å². The van der Waals surface area contributed by atoms with Crippen molar-refractivity contribution >= 4 is 17.0 Å². The topological polar surface area (TPSA) is 58.9 Å². The molecule has 0 spiro atoms. The first-order chi connectivity index (χ1) is 9.20. The van der Waals surface area contributed by atoms with Crippen LogP contribution in [-0.2, 0) is 6.54 Å². The van der Waals surface area contributed by atoms with Crippen molar-refractivity contribution in [2.24, 2.45) is 0 Å². The van der Waals surface area contributed by atoms with Crippen LogP contribution in [0.25, 0.3) is 11.2 Å². The highest BCUT2D eigenvalue weighted by atomic mass is 15.3. The highest BCUT2D eigenvalue weighted by molar-refractivity contribution is 5.84. The van der Waals surface area contributed by atoms with Crippen LogP contribution in [0.5, 0.6) is 0 Å². The summed E-state index contributed by atoms with van der Waals surface area (Å²) in [6.45, 7) is 10.9. The van der Waals surface area contributed by atoms with Crippen LogP contribution in [-0.4, -0.2) is 45.7 Å². The van der Waals surface area contributed by atoms with Crippen molar-refractivity contribution in [3.8, 4) is 0 Å². The normalized spacial score (nSPS) is 16.3. The zero-order valence-electron chi connectivity index (χ0n) is 11.8. The summed E-state index contributed by atoms with van der Waals surface area (Å²) in [6, 6.07) is 0. The van der Waals surface area contributed by atoms with Gasteiger partial charge in [-0.3, -0.25) is 0 Å². The van der Waals surface area contributed by atoms with Gasteiger partial charge in [-0.1, -0.05) is 0 Å². The number of anilines is 1. The third kappa shape index (κ3) is 2.06. The van der Waals surface area contributed by atoms with Crippen molar-refractivity contribution in [1.82, 2.24) is 24.8 Å². The van der Waals surface area contributed by atoms with Gasteiger partial charge < -0.3 is 14.8 Å². The van der Waals surface area contributed by atoms with Gasteiger partial charge >= 0.3 is 0 Å². The maximum absolute atomic E-state index is 4.68. The predicted octanol–water partition coefficient (Wildman–Crippen LogP) is 0.873. The van der Waals surface area contributed by atoms with E-state index in [4.69, 9.17) is 0 Å². The van der Waals surface area contributed by atoms with E-state index >= 15 is 0 Å². The molecule has 1 fully saturated rings. The molecular formula is C13H20N6. The van der Waals surface area contributed by atoms with Crippen molar-refractivity contribution < 1.29 is 0 Å². The molecule has 1 aliphatic heterocycles. The molecule has 3 heterocycles. The third-order valence-corrected chi connectivity index (χ3v) is 3.61. The van der Waals surface area contributed by atoms with E-state index < -0.39 is 0 Å². The highest BCUT2D eigenvalue weighted by Gasteiger charge is 2.20. The number of rotatable bonds is 2. The van der Waals surface area contributed by atoms with Gasteiger partial charge in [0.25, 0.3) is 0 Å². The summed E-state index contributed by atoms with van der Waals surface area (Å²) < 4.78 is 2.15. The summed E-state index contributed by atoms with van der Waals surface area (Å²) in [7, 11) is 0. The lowest BCUT2D eigenvalue weighted by molar-refractivity contribution is 0.585. The second-order valence-electron chi connectivity index (χ2n) is 4.91. The molecule has 0 atom stereocenters. The average molecular weight is 260 g/mol. The molecule has 19 heavy (non-hydrogen) atoms. The van der Waals surface area contributed by atoms with E-state index in [0.29, 0.717) is 0 Å². The SMILES string of the molecule is CCn1c(C)nc2c(N3CCNCC3)nc(C)nc21. The monoisotopic (exact) mass is 260 g/mol. The molecule has 0 amide bonds. The minimum atomic E-state index is 0.815. The number of aryl methyl sites for hydroxylation is 3. The molecular weight excluding hydrogens is 240 g/mol. The first-order valence-corrected chi connectivity index (χ1v) is 6.88. The van der Waals surface area contributed by atoms with E-state index in [2.05, 4.69) is 36.7 Å². The summed E-state index contributed by atoms with van der Waals surface area (Å²) in [5.41, 5.74) is 1.90. The van der Waals surface area contributed by atoms with Crippen molar-refractivity contribution in [2.75, 3.05) is 31.1 Å². The van der Waals surface area contributed by atoms with Crippen LogP contribution >= 0.6 is 0 Å². The molecule has 2 aromatic rings. The fraction of sp³-hybridized carbons (Fsp3) is 0.615. The summed E-state index contributed by atoms with van der Waals surface area (Å²) in [5.74, 6) is 2.81. The number of hydrogen-bond acceptors (Lipinski definition) is 5. The van der Waals surface area contributed by atoms with E-state index in [0.717, 1.165) is 61.4 Å². The molecule has 3 rings (SSSR count). The van der Waals surface area contributed by atoms with Crippen LogP contribution in [0.4, 0.5) is 5.82 Å². The van der Waals surface area contributed by atoms with Gasteiger partial charge in [0.2, 0.25) is 0 Å². The molecule has 0 unspecified atom stereocenters. The van der Waals surface area contributed by atoms with Crippen molar-refractivity contribution in [1.29, 1.82) is 0 Å². The minimum Gasteiger partial charge on any atom is -0.352 e. The lowest BCUT2D eigenvalue weighted by Crippen LogP contribution is -2.44. The maximum Gasteiger partial charge on any atom is 0.165 e. The maximum atomic E-state index is 4.68. The lowest BCUT2D eigenvalue weighted by atomic mass is 10.3. The largest absolute Gasteiger partial charge is 0.352 e. The molecule has 0 radical (unpaired) electrons. The number of imidazole rings is 1. The number of nitrogens with zero attached hydrogens (tertiary/aromatic N) is 5. The molecule has 0 saturated carbocycles. The molecule has 1 N–H and O–H groups in total. The van der Waals surface area contributed by atoms with Crippen LogP contribution in [0.15, 0.2) is 0 Å². The van der Waals surface area contributed by atoms with Gasteiger partial charge in [0.15, 0.2) is 17.0 Å². The summed E-state index contributed by atoms with van der Waals surface area (Å²) >= 11 is 0. The summed E-state index contributed by atoms with van der Waals surface area (Å²) in [5, 5.41) is 3.36. The number of hydrogen-bond donors (Lipinski definition) is 1. The van der Waals surface area contributed by atoms with E-state index in [1.54, 1.807) is 0 Å². The lowest BCUT2D eigenvalue weighted by Gasteiger charge is -2.28. The zero-order chi connectivity index (χ0) is 13.4.